The molecule has 0 aliphatic heterocycles. The Labute approximate surface area is 152 Å². The van der Waals surface area contributed by atoms with Gasteiger partial charge in [0.25, 0.3) is 0 Å². The molecular formula is C15H24ClN3O4S. The van der Waals surface area contributed by atoms with Crippen molar-refractivity contribution in [2.45, 2.75) is 19.9 Å². The molecule has 136 valence electrons. The number of aliphatic carboxylic acids is 1. The number of halogens is 1. The number of thiophene rings is 1. The van der Waals surface area contributed by atoms with Crippen LogP contribution in [0.1, 0.15) is 18.2 Å². The predicted octanol–water partition coefficient (Wildman–Crippen LogP) is 1.04. The molecule has 0 fully saturated rings. The summed E-state index contributed by atoms with van der Waals surface area (Å²) in [5.41, 5.74) is 0. The van der Waals surface area contributed by atoms with Crippen LogP contribution in [0, 0.1) is 0 Å². The van der Waals surface area contributed by atoms with E-state index >= 15 is 0 Å². The summed E-state index contributed by atoms with van der Waals surface area (Å²) in [6.07, 6.45) is -0.0167. The lowest BCUT2D eigenvalue weighted by molar-refractivity contribution is -0.139. The fraction of sp³-hybridized carbons (Fsp3) is 0.533. The highest BCUT2D eigenvalue weighted by Crippen LogP contribution is 2.07. The Balaban J connectivity index is 0.00000529. The zero-order valence-corrected chi connectivity index (χ0v) is 15.5. The molecule has 0 bridgehead atoms. The fourth-order valence-corrected chi connectivity index (χ4v) is 2.55. The third-order valence-electron chi connectivity index (χ3n) is 3.22. The third kappa shape index (κ3) is 8.85. The van der Waals surface area contributed by atoms with Crippen molar-refractivity contribution < 1.29 is 19.5 Å². The standard InChI is InChI=1S/C15H23N3O4S.ClH/c1-3-18(14(20)11-17(2)7-6-15(21)22)10-13(19)16-9-12-5-4-8-23-12;/h4-5,8H,3,6-7,9-11H2,1-2H3,(H,16,19)(H,21,22);1H. The van der Waals surface area contributed by atoms with Gasteiger partial charge in [-0.3, -0.25) is 19.3 Å². The number of carbonyl (C=O) groups excluding carboxylic acids is 2. The molecule has 0 atom stereocenters. The van der Waals surface area contributed by atoms with Gasteiger partial charge in [-0.25, -0.2) is 0 Å². The predicted molar refractivity (Wildman–Crippen MR) is 95.4 cm³/mol. The second-order valence-electron chi connectivity index (χ2n) is 5.15. The Hall–Kier alpha value is -1.64. The lowest BCUT2D eigenvalue weighted by Gasteiger charge is -2.23. The number of hydrogen-bond donors (Lipinski definition) is 2. The van der Waals surface area contributed by atoms with Gasteiger partial charge in [0.15, 0.2) is 0 Å². The third-order valence-corrected chi connectivity index (χ3v) is 4.10. The van der Waals surface area contributed by atoms with E-state index in [9.17, 15) is 14.4 Å². The number of carbonyl (C=O) groups is 3. The van der Waals surface area contributed by atoms with Crippen LogP contribution in [0.3, 0.4) is 0 Å². The second kappa shape index (κ2) is 11.8. The molecule has 7 nitrogen and oxygen atoms in total. The van der Waals surface area contributed by atoms with Crippen LogP contribution in [0.5, 0.6) is 0 Å². The van der Waals surface area contributed by atoms with E-state index in [1.54, 1.807) is 23.3 Å². The highest BCUT2D eigenvalue weighted by molar-refractivity contribution is 7.09. The molecule has 1 heterocycles. The van der Waals surface area contributed by atoms with Crippen molar-refractivity contribution in [1.29, 1.82) is 0 Å². The fourth-order valence-electron chi connectivity index (χ4n) is 1.90. The minimum absolute atomic E-state index is 0. The Morgan fingerprint density at radius 3 is 2.54 bits per heavy atom. The van der Waals surface area contributed by atoms with E-state index in [1.165, 1.54) is 4.90 Å². The van der Waals surface area contributed by atoms with Gasteiger partial charge < -0.3 is 15.3 Å². The number of carboxylic acid groups (broad SMARTS) is 1. The molecule has 2 N–H and O–H groups in total. The van der Waals surface area contributed by atoms with Crippen LogP contribution in [0.15, 0.2) is 17.5 Å². The molecule has 0 radical (unpaired) electrons. The maximum absolute atomic E-state index is 12.2. The van der Waals surface area contributed by atoms with Gasteiger partial charge in [0.2, 0.25) is 11.8 Å². The largest absolute Gasteiger partial charge is 0.481 e. The highest BCUT2D eigenvalue weighted by Gasteiger charge is 2.17. The average Bonchev–Trinajstić information content (AvgIpc) is 3.01. The summed E-state index contributed by atoms with van der Waals surface area (Å²) in [5, 5.41) is 13.4. The summed E-state index contributed by atoms with van der Waals surface area (Å²) in [5.74, 6) is -1.29. The molecule has 1 aromatic heterocycles. The molecular weight excluding hydrogens is 354 g/mol. The normalized spacial score (nSPS) is 10.1. The number of carboxylic acids is 1. The minimum Gasteiger partial charge on any atom is -0.481 e. The van der Waals surface area contributed by atoms with Gasteiger partial charge in [0.05, 0.1) is 26.1 Å². The first-order valence-corrected chi connectivity index (χ1v) is 8.27. The van der Waals surface area contributed by atoms with Crippen LogP contribution in [-0.4, -0.2) is 65.9 Å². The van der Waals surface area contributed by atoms with Crippen LogP contribution in [0.2, 0.25) is 0 Å². The van der Waals surface area contributed by atoms with E-state index in [1.807, 2.05) is 24.4 Å². The number of nitrogens with zero attached hydrogens (tertiary/aromatic N) is 2. The van der Waals surface area contributed by atoms with E-state index in [2.05, 4.69) is 5.32 Å². The summed E-state index contributed by atoms with van der Waals surface area (Å²) < 4.78 is 0. The number of hydrogen-bond acceptors (Lipinski definition) is 5. The van der Waals surface area contributed by atoms with Gasteiger partial charge in [0, 0.05) is 18.0 Å². The summed E-state index contributed by atoms with van der Waals surface area (Å²) in [7, 11) is 1.69. The lowest BCUT2D eigenvalue weighted by atomic mass is 10.3. The summed E-state index contributed by atoms with van der Waals surface area (Å²) in [6, 6.07) is 3.85. The molecule has 0 aliphatic carbocycles. The smallest absolute Gasteiger partial charge is 0.304 e. The minimum atomic E-state index is -0.899. The van der Waals surface area contributed by atoms with Gasteiger partial charge in [-0.05, 0) is 25.4 Å². The van der Waals surface area contributed by atoms with Gasteiger partial charge in [-0.2, -0.15) is 0 Å². The Morgan fingerprint density at radius 2 is 2.00 bits per heavy atom. The van der Waals surface area contributed by atoms with Gasteiger partial charge >= 0.3 is 5.97 Å². The van der Waals surface area contributed by atoms with E-state index in [0.717, 1.165) is 4.88 Å². The molecule has 1 rings (SSSR count). The average molecular weight is 378 g/mol. The van der Waals surface area contributed by atoms with Crippen molar-refractivity contribution in [3.8, 4) is 0 Å². The molecule has 0 spiro atoms. The molecule has 0 unspecified atom stereocenters. The van der Waals surface area contributed by atoms with Crippen molar-refractivity contribution in [1.82, 2.24) is 15.1 Å². The monoisotopic (exact) mass is 377 g/mol. The Bertz CT molecular complexity index is 525. The van der Waals surface area contributed by atoms with Crippen molar-refractivity contribution >= 4 is 41.5 Å². The molecule has 0 saturated carbocycles. The molecule has 0 saturated heterocycles. The van der Waals surface area contributed by atoms with Crippen LogP contribution in [-0.2, 0) is 20.9 Å². The maximum atomic E-state index is 12.2. The van der Waals surface area contributed by atoms with E-state index in [4.69, 9.17) is 5.11 Å². The van der Waals surface area contributed by atoms with Crippen molar-refractivity contribution in [3.05, 3.63) is 22.4 Å². The first kappa shape index (κ1) is 22.4. The molecule has 0 aromatic carbocycles. The lowest BCUT2D eigenvalue weighted by Crippen LogP contribution is -2.44. The Kier molecular flexibility index (Phi) is 11.0. The van der Waals surface area contributed by atoms with Crippen molar-refractivity contribution in [2.24, 2.45) is 0 Å². The zero-order chi connectivity index (χ0) is 17.2. The SMILES string of the molecule is CCN(CC(=O)NCc1cccs1)C(=O)CN(C)CCC(=O)O.Cl. The van der Waals surface area contributed by atoms with Crippen LogP contribution < -0.4 is 5.32 Å². The highest BCUT2D eigenvalue weighted by atomic mass is 35.5. The van der Waals surface area contributed by atoms with E-state index in [0.29, 0.717) is 19.6 Å². The van der Waals surface area contributed by atoms with Crippen LogP contribution in [0.25, 0.3) is 0 Å². The number of amides is 2. The number of nitrogens with one attached hydrogen (secondary N) is 1. The van der Waals surface area contributed by atoms with E-state index in [-0.39, 0.29) is 43.7 Å². The number of rotatable bonds is 10. The summed E-state index contributed by atoms with van der Waals surface area (Å²) in [6.45, 7) is 3.09. The first-order chi connectivity index (χ1) is 10.9. The van der Waals surface area contributed by atoms with Gasteiger partial charge in [-0.15, -0.1) is 23.7 Å². The first-order valence-electron chi connectivity index (χ1n) is 7.39. The Morgan fingerprint density at radius 1 is 1.29 bits per heavy atom. The van der Waals surface area contributed by atoms with Gasteiger partial charge in [-0.1, -0.05) is 6.07 Å². The molecule has 24 heavy (non-hydrogen) atoms. The molecule has 9 heteroatoms. The molecule has 1 aromatic rings. The zero-order valence-electron chi connectivity index (χ0n) is 13.9. The van der Waals surface area contributed by atoms with Crippen molar-refractivity contribution in [3.63, 3.8) is 0 Å². The molecule has 0 aliphatic rings. The summed E-state index contributed by atoms with van der Waals surface area (Å²) in [4.78, 5) is 38.8. The number of likely N-dealkylation sites (N-methyl/N-ethyl adjacent to an activating group) is 2. The summed E-state index contributed by atoms with van der Waals surface area (Å²) >= 11 is 1.56. The second-order valence-corrected chi connectivity index (χ2v) is 6.18. The van der Waals surface area contributed by atoms with Crippen LogP contribution >= 0.6 is 23.7 Å². The quantitative estimate of drug-likeness (QED) is 0.636. The van der Waals surface area contributed by atoms with Crippen molar-refractivity contribution in [2.75, 3.05) is 33.2 Å². The maximum Gasteiger partial charge on any atom is 0.304 e. The van der Waals surface area contributed by atoms with E-state index < -0.39 is 5.97 Å². The van der Waals surface area contributed by atoms with Crippen LogP contribution in [0.4, 0.5) is 0 Å². The van der Waals surface area contributed by atoms with Gasteiger partial charge in [0.1, 0.15) is 0 Å². The molecule has 2 amide bonds. The topological polar surface area (TPSA) is 90.0 Å².